The van der Waals surface area contributed by atoms with Crippen LogP contribution in [0.2, 0.25) is 0 Å². The number of hydrogen-bond donors (Lipinski definition) is 1. The van der Waals surface area contributed by atoms with Gasteiger partial charge in [-0.3, -0.25) is 4.79 Å². The van der Waals surface area contributed by atoms with E-state index >= 15 is 0 Å². The number of ether oxygens (including phenoxy) is 2. The van der Waals surface area contributed by atoms with Gasteiger partial charge in [0.25, 0.3) is 0 Å². The average molecular weight is 379 g/mol. The fourth-order valence-electron chi connectivity index (χ4n) is 2.67. The van der Waals surface area contributed by atoms with Crippen LogP contribution < -0.4 is 14.8 Å². The van der Waals surface area contributed by atoms with Gasteiger partial charge in [0.15, 0.2) is 6.61 Å². The predicted octanol–water partition coefficient (Wildman–Crippen LogP) is 3.03. The van der Waals surface area contributed by atoms with Gasteiger partial charge in [0, 0.05) is 12.6 Å². The Balaban J connectivity index is 1.93. The summed E-state index contributed by atoms with van der Waals surface area (Å²) in [5, 5.41) is 11.5. The molecule has 0 saturated heterocycles. The van der Waals surface area contributed by atoms with Gasteiger partial charge in [-0.2, -0.15) is 5.26 Å². The molecule has 146 valence electrons. The quantitative estimate of drug-likeness (QED) is 0.678. The highest BCUT2D eigenvalue weighted by molar-refractivity contribution is 5.91. The second kappa shape index (κ2) is 10.8. The van der Waals surface area contributed by atoms with Crippen molar-refractivity contribution in [1.29, 1.82) is 5.26 Å². The molecule has 2 aromatic rings. The molecule has 2 rings (SSSR count). The standard InChI is InChI=1S/C22H25N3O3/c1-25(2)21(18-5-4-6-20(15-18)27-3)16-24-22(26)12-9-17-7-10-19(11-8-17)28-14-13-23/h4-12,15,21H,14,16H2,1-3H3,(H,24,26)/b12-9+. The van der Waals surface area contributed by atoms with Gasteiger partial charge >= 0.3 is 0 Å². The summed E-state index contributed by atoms with van der Waals surface area (Å²) in [6.45, 7) is 0.488. The van der Waals surface area contributed by atoms with E-state index in [1.165, 1.54) is 6.08 Å². The second-order valence-corrected chi connectivity index (χ2v) is 6.35. The van der Waals surface area contributed by atoms with Crippen molar-refractivity contribution in [1.82, 2.24) is 10.2 Å². The van der Waals surface area contributed by atoms with E-state index < -0.39 is 0 Å². The molecule has 1 unspecified atom stereocenters. The summed E-state index contributed by atoms with van der Waals surface area (Å²) in [4.78, 5) is 14.3. The number of hydrogen-bond acceptors (Lipinski definition) is 5. The van der Waals surface area contributed by atoms with Gasteiger partial charge in [-0.15, -0.1) is 0 Å². The van der Waals surface area contributed by atoms with Crippen LogP contribution in [0, 0.1) is 11.3 Å². The Labute approximate surface area is 166 Å². The molecule has 28 heavy (non-hydrogen) atoms. The fourth-order valence-corrected chi connectivity index (χ4v) is 2.67. The number of amides is 1. The van der Waals surface area contributed by atoms with Gasteiger partial charge < -0.3 is 19.7 Å². The minimum atomic E-state index is -0.167. The zero-order chi connectivity index (χ0) is 20.4. The predicted molar refractivity (Wildman–Crippen MR) is 109 cm³/mol. The molecule has 0 bridgehead atoms. The first kappa shape index (κ1) is 21.0. The van der Waals surface area contributed by atoms with Crippen LogP contribution in [0.4, 0.5) is 0 Å². The summed E-state index contributed by atoms with van der Waals surface area (Å²) < 4.78 is 10.5. The van der Waals surface area contributed by atoms with E-state index in [-0.39, 0.29) is 18.6 Å². The largest absolute Gasteiger partial charge is 0.497 e. The maximum absolute atomic E-state index is 12.2. The Kier molecular flexibility index (Phi) is 8.07. The zero-order valence-electron chi connectivity index (χ0n) is 16.4. The number of methoxy groups -OCH3 is 1. The molecule has 0 heterocycles. The minimum Gasteiger partial charge on any atom is -0.497 e. The summed E-state index contributed by atoms with van der Waals surface area (Å²) in [5.74, 6) is 1.24. The van der Waals surface area contributed by atoms with Gasteiger partial charge in [0.2, 0.25) is 5.91 Å². The van der Waals surface area contributed by atoms with Gasteiger partial charge in [0.05, 0.1) is 13.2 Å². The normalized spacial score (nSPS) is 11.8. The van der Waals surface area contributed by atoms with Gasteiger partial charge in [0.1, 0.15) is 17.6 Å². The first-order chi connectivity index (χ1) is 13.5. The molecule has 0 fully saturated rings. The van der Waals surface area contributed by atoms with Crippen LogP contribution in [0.25, 0.3) is 6.08 Å². The number of likely N-dealkylation sites (N-methyl/N-ethyl adjacent to an activating group) is 1. The van der Waals surface area contributed by atoms with Crippen LogP contribution in [0.1, 0.15) is 17.2 Å². The average Bonchev–Trinajstić information content (AvgIpc) is 2.71. The summed E-state index contributed by atoms with van der Waals surface area (Å²) in [6.07, 6.45) is 3.24. The molecule has 0 aliphatic heterocycles. The van der Waals surface area contributed by atoms with Crippen LogP contribution in [0.15, 0.2) is 54.6 Å². The molecule has 1 amide bonds. The Bertz CT molecular complexity index is 839. The number of nitriles is 1. The van der Waals surface area contributed by atoms with Crippen LogP contribution in [-0.2, 0) is 4.79 Å². The summed E-state index contributed by atoms with van der Waals surface area (Å²) in [5.41, 5.74) is 1.94. The summed E-state index contributed by atoms with van der Waals surface area (Å²) >= 11 is 0. The maximum atomic E-state index is 12.2. The molecule has 2 aromatic carbocycles. The van der Waals surface area contributed by atoms with Gasteiger partial charge in [-0.1, -0.05) is 24.3 Å². The van der Waals surface area contributed by atoms with E-state index in [1.54, 1.807) is 25.3 Å². The van der Waals surface area contributed by atoms with Crippen LogP contribution in [-0.4, -0.2) is 45.2 Å². The topological polar surface area (TPSA) is 74.6 Å². The molecule has 0 spiro atoms. The second-order valence-electron chi connectivity index (χ2n) is 6.35. The monoisotopic (exact) mass is 379 g/mol. The molecule has 0 saturated carbocycles. The first-order valence-corrected chi connectivity index (χ1v) is 8.89. The number of rotatable bonds is 9. The molecular weight excluding hydrogens is 354 g/mol. The van der Waals surface area contributed by atoms with Crippen molar-refractivity contribution in [2.24, 2.45) is 0 Å². The van der Waals surface area contributed by atoms with E-state index in [1.807, 2.05) is 56.6 Å². The molecule has 0 aliphatic carbocycles. The molecular formula is C22H25N3O3. The third-order valence-corrected chi connectivity index (χ3v) is 4.18. The van der Waals surface area contributed by atoms with Crippen molar-refractivity contribution >= 4 is 12.0 Å². The van der Waals surface area contributed by atoms with Crippen LogP contribution in [0.3, 0.4) is 0 Å². The molecule has 6 heteroatoms. The Morgan fingerprint density at radius 2 is 1.96 bits per heavy atom. The number of carbonyl (C=O) groups is 1. The van der Waals surface area contributed by atoms with E-state index in [9.17, 15) is 4.79 Å². The maximum Gasteiger partial charge on any atom is 0.244 e. The summed E-state index contributed by atoms with van der Waals surface area (Å²) in [7, 11) is 5.59. The lowest BCUT2D eigenvalue weighted by molar-refractivity contribution is -0.116. The van der Waals surface area contributed by atoms with Crippen molar-refractivity contribution in [3.05, 3.63) is 65.7 Å². The number of benzene rings is 2. The smallest absolute Gasteiger partial charge is 0.244 e. The number of carbonyl (C=O) groups excluding carboxylic acids is 1. The summed E-state index contributed by atoms with van der Waals surface area (Å²) in [6, 6.07) is 17.0. The molecule has 0 aliphatic rings. The first-order valence-electron chi connectivity index (χ1n) is 8.89. The Morgan fingerprint density at radius 1 is 1.21 bits per heavy atom. The van der Waals surface area contributed by atoms with E-state index in [2.05, 4.69) is 10.2 Å². The van der Waals surface area contributed by atoms with Crippen molar-refractivity contribution in [2.75, 3.05) is 34.4 Å². The van der Waals surface area contributed by atoms with Crippen molar-refractivity contribution < 1.29 is 14.3 Å². The SMILES string of the molecule is COc1cccc(C(CNC(=O)/C=C/c2ccc(OCC#N)cc2)N(C)C)c1. The molecule has 0 aromatic heterocycles. The highest BCUT2D eigenvalue weighted by Crippen LogP contribution is 2.22. The molecule has 6 nitrogen and oxygen atoms in total. The van der Waals surface area contributed by atoms with Crippen LogP contribution in [0.5, 0.6) is 11.5 Å². The third-order valence-electron chi connectivity index (χ3n) is 4.18. The lowest BCUT2D eigenvalue weighted by atomic mass is 10.1. The van der Waals surface area contributed by atoms with Crippen molar-refractivity contribution in [3.63, 3.8) is 0 Å². The van der Waals surface area contributed by atoms with Crippen molar-refractivity contribution in [2.45, 2.75) is 6.04 Å². The molecule has 0 radical (unpaired) electrons. The minimum absolute atomic E-state index is 0.0118. The van der Waals surface area contributed by atoms with Gasteiger partial charge in [-0.05, 0) is 55.6 Å². The lowest BCUT2D eigenvalue weighted by Gasteiger charge is -2.25. The third kappa shape index (κ3) is 6.45. The van der Waals surface area contributed by atoms with Crippen LogP contribution >= 0.6 is 0 Å². The number of nitrogens with zero attached hydrogens (tertiary/aromatic N) is 2. The molecule has 1 N–H and O–H groups in total. The van der Waals surface area contributed by atoms with E-state index in [0.29, 0.717) is 12.3 Å². The molecule has 1 atom stereocenters. The highest BCUT2D eigenvalue weighted by atomic mass is 16.5. The van der Waals surface area contributed by atoms with Crippen molar-refractivity contribution in [3.8, 4) is 17.6 Å². The van der Waals surface area contributed by atoms with Gasteiger partial charge in [-0.25, -0.2) is 0 Å². The fraction of sp³-hybridized carbons (Fsp3) is 0.273. The Hall–Kier alpha value is -3.30. The highest BCUT2D eigenvalue weighted by Gasteiger charge is 2.15. The Morgan fingerprint density at radius 3 is 2.61 bits per heavy atom. The number of nitrogens with one attached hydrogen (secondary N) is 1. The van der Waals surface area contributed by atoms with E-state index in [4.69, 9.17) is 14.7 Å². The zero-order valence-corrected chi connectivity index (χ0v) is 16.4. The lowest BCUT2D eigenvalue weighted by Crippen LogP contribution is -2.33. The van der Waals surface area contributed by atoms with E-state index in [0.717, 1.165) is 16.9 Å².